The van der Waals surface area contributed by atoms with Gasteiger partial charge >= 0.3 is 5.97 Å². The predicted octanol–water partition coefficient (Wildman–Crippen LogP) is 5.38. The molecule has 0 aliphatic rings. The molecule has 0 fully saturated rings. The van der Waals surface area contributed by atoms with Gasteiger partial charge < -0.3 is 15.2 Å². The fraction of sp³-hybridized carbons (Fsp3) is 0.161. The highest BCUT2D eigenvalue weighted by Gasteiger charge is 2.39. The standard InChI is InChI=1S/C31H29NO4/c1-31(25-15-7-3-8-16-25,26-17-9-4-10-18-26)30(35)32-28(29(33)34)21-24-14-11-19-27(20-24)36-22-23-12-5-2-6-13-23/h2-20,28H,21-22H2,1H3,(H,32,35)(H,33,34)/t28-/m1/s1. The van der Waals surface area contributed by atoms with Crippen molar-refractivity contribution in [2.45, 2.75) is 31.4 Å². The van der Waals surface area contributed by atoms with Gasteiger partial charge in [-0.15, -0.1) is 0 Å². The first-order valence-electron chi connectivity index (χ1n) is 11.9. The van der Waals surface area contributed by atoms with Crippen molar-refractivity contribution in [3.63, 3.8) is 0 Å². The molecule has 0 saturated carbocycles. The van der Waals surface area contributed by atoms with Crippen LogP contribution in [0, 0.1) is 0 Å². The lowest BCUT2D eigenvalue weighted by Gasteiger charge is -2.31. The van der Waals surface area contributed by atoms with Crippen LogP contribution in [-0.2, 0) is 28.0 Å². The van der Waals surface area contributed by atoms with E-state index in [1.807, 2.05) is 122 Å². The molecule has 0 bridgehead atoms. The number of carbonyl (C=O) groups excluding carboxylic acids is 1. The van der Waals surface area contributed by atoms with Gasteiger partial charge in [-0.05, 0) is 41.3 Å². The Morgan fingerprint density at radius 3 is 1.86 bits per heavy atom. The summed E-state index contributed by atoms with van der Waals surface area (Å²) in [6.07, 6.45) is 0.128. The van der Waals surface area contributed by atoms with Gasteiger partial charge in [-0.1, -0.05) is 103 Å². The molecule has 1 amide bonds. The Bertz CT molecular complexity index is 1250. The third kappa shape index (κ3) is 5.81. The van der Waals surface area contributed by atoms with E-state index >= 15 is 0 Å². The van der Waals surface area contributed by atoms with E-state index in [9.17, 15) is 14.7 Å². The summed E-state index contributed by atoms with van der Waals surface area (Å²) in [6, 6.07) is 34.9. The van der Waals surface area contributed by atoms with Gasteiger partial charge in [-0.25, -0.2) is 4.79 Å². The van der Waals surface area contributed by atoms with Gasteiger partial charge in [0.15, 0.2) is 0 Å². The molecule has 1 atom stereocenters. The van der Waals surface area contributed by atoms with Crippen LogP contribution in [0.25, 0.3) is 0 Å². The van der Waals surface area contributed by atoms with Gasteiger partial charge in [-0.2, -0.15) is 0 Å². The van der Waals surface area contributed by atoms with Gasteiger partial charge in [0.05, 0.1) is 5.41 Å². The minimum Gasteiger partial charge on any atom is -0.489 e. The maximum absolute atomic E-state index is 13.7. The van der Waals surface area contributed by atoms with Crippen molar-refractivity contribution in [3.8, 4) is 5.75 Å². The average molecular weight is 480 g/mol. The lowest BCUT2D eigenvalue weighted by molar-refractivity contribution is -0.142. The minimum absolute atomic E-state index is 0.128. The Morgan fingerprint density at radius 2 is 1.31 bits per heavy atom. The Hall–Kier alpha value is -4.38. The van der Waals surface area contributed by atoms with Crippen LogP contribution in [-0.4, -0.2) is 23.0 Å². The number of carboxylic acids is 1. The number of nitrogens with one attached hydrogen (secondary N) is 1. The first-order valence-corrected chi connectivity index (χ1v) is 11.9. The molecule has 0 aliphatic heterocycles. The monoisotopic (exact) mass is 479 g/mol. The van der Waals surface area contributed by atoms with E-state index in [4.69, 9.17) is 4.74 Å². The van der Waals surface area contributed by atoms with E-state index in [-0.39, 0.29) is 12.3 Å². The Morgan fingerprint density at radius 1 is 0.778 bits per heavy atom. The molecule has 0 radical (unpaired) electrons. The van der Waals surface area contributed by atoms with Crippen molar-refractivity contribution in [3.05, 3.63) is 138 Å². The first-order chi connectivity index (χ1) is 17.5. The van der Waals surface area contributed by atoms with Crippen LogP contribution in [0.1, 0.15) is 29.2 Å². The summed E-state index contributed by atoms with van der Waals surface area (Å²) >= 11 is 0. The van der Waals surface area contributed by atoms with Gasteiger partial charge in [0.2, 0.25) is 5.91 Å². The smallest absolute Gasteiger partial charge is 0.326 e. The number of rotatable bonds is 10. The Labute approximate surface area is 211 Å². The second kappa shape index (κ2) is 11.4. The molecular formula is C31H29NO4. The molecule has 0 aliphatic carbocycles. The molecule has 4 aromatic rings. The van der Waals surface area contributed by atoms with Crippen LogP contribution >= 0.6 is 0 Å². The molecule has 182 valence electrons. The molecule has 36 heavy (non-hydrogen) atoms. The van der Waals surface area contributed by atoms with Gasteiger partial charge in [0, 0.05) is 6.42 Å². The lowest BCUT2D eigenvalue weighted by atomic mass is 9.75. The Balaban J connectivity index is 1.53. The molecule has 0 heterocycles. The topological polar surface area (TPSA) is 75.6 Å². The van der Waals surface area contributed by atoms with Crippen molar-refractivity contribution < 1.29 is 19.4 Å². The van der Waals surface area contributed by atoms with E-state index in [1.54, 1.807) is 0 Å². The minimum atomic E-state index is -1.10. The second-order valence-corrected chi connectivity index (χ2v) is 8.85. The summed E-state index contributed by atoms with van der Waals surface area (Å²) in [7, 11) is 0. The largest absolute Gasteiger partial charge is 0.489 e. The van der Waals surface area contributed by atoms with Crippen LogP contribution in [0.4, 0.5) is 0 Å². The molecule has 0 aromatic heterocycles. The van der Waals surface area contributed by atoms with E-state index in [0.717, 1.165) is 22.3 Å². The first kappa shape index (κ1) is 24.7. The average Bonchev–Trinajstić information content (AvgIpc) is 2.92. The molecule has 0 spiro atoms. The van der Waals surface area contributed by atoms with Crippen molar-refractivity contribution in [2.75, 3.05) is 0 Å². The number of hydrogen-bond donors (Lipinski definition) is 2. The van der Waals surface area contributed by atoms with Crippen molar-refractivity contribution in [2.24, 2.45) is 0 Å². The van der Waals surface area contributed by atoms with E-state index in [0.29, 0.717) is 12.4 Å². The highest BCUT2D eigenvalue weighted by atomic mass is 16.5. The van der Waals surface area contributed by atoms with E-state index in [2.05, 4.69) is 5.32 Å². The maximum atomic E-state index is 13.7. The number of ether oxygens (including phenoxy) is 1. The summed E-state index contributed by atoms with van der Waals surface area (Å²) in [5.74, 6) is -0.823. The van der Waals surface area contributed by atoms with Crippen molar-refractivity contribution in [1.29, 1.82) is 0 Å². The fourth-order valence-electron chi connectivity index (χ4n) is 4.21. The molecule has 0 unspecified atom stereocenters. The molecule has 0 saturated heterocycles. The van der Waals surface area contributed by atoms with Crippen LogP contribution in [0.3, 0.4) is 0 Å². The summed E-state index contributed by atoms with van der Waals surface area (Å²) in [4.78, 5) is 25.9. The summed E-state index contributed by atoms with van der Waals surface area (Å²) in [5, 5.41) is 12.8. The molecule has 5 heteroatoms. The van der Waals surface area contributed by atoms with Gasteiger partial charge in [0.1, 0.15) is 18.4 Å². The zero-order chi connectivity index (χ0) is 25.4. The van der Waals surface area contributed by atoms with Crippen LogP contribution in [0.2, 0.25) is 0 Å². The van der Waals surface area contributed by atoms with Crippen molar-refractivity contribution >= 4 is 11.9 Å². The third-order valence-corrected chi connectivity index (χ3v) is 6.35. The molecule has 5 nitrogen and oxygen atoms in total. The van der Waals surface area contributed by atoms with E-state index in [1.165, 1.54) is 0 Å². The Kier molecular flexibility index (Phi) is 7.81. The summed E-state index contributed by atoms with van der Waals surface area (Å²) in [5.41, 5.74) is 2.31. The normalized spacial score (nSPS) is 11.9. The molecule has 2 N–H and O–H groups in total. The number of hydrogen-bond acceptors (Lipinski definition) is 3. The number of aliphatic carboxylic acids is 1. The quantitative estimate of drug-likeness (QED) is 0.320. The molecular weight excluding hydrogens is 450 g/mol. The predicted molar refractivity (Wildman–Crippen MR) is 140 cm³/mol. The maximum Gasteiger partial charge on any atom is 0.326 e. The van der Waals surface area contributed by atoms with Crippen molar-refractivity contribution in [1.82, 2.24) is 5.32 Å². The van der Waals surface area contributed by atoms with Gasteiger partial charge in [-0.3, -0.25) is 4.79 Å². The third-order valence-electron chi connectivity index (χ3n) is 6.35. The lowest BCUT2D eigenvalue weighted by Crippen LogP contribution is -2.50. The van der Waals surface area contributed by atoms with E-state index < -0.39 is 17.4 Å². The SMILES string of the molecule is CC(C(=O)N[C@H](Cc1cccc(OCc2ccccc2)c1)C(=O)O)(c1ccccc1)c1ccccc1. The second-order valence-electron chi connectivity index (χ2n) is 8.85. The number of carbonyl (C=O) groups is 2. The molecule has 4 rings (SSSR count). The zero-order valence-electron chi connectivity index (χ0n) is 20.1. The molecule has 4 aromatic carbocycles. The zero-order valence-corrected chi connectivity index (χ0v) is 20.1. The van der Waals surface area contributed by atoms with Crippen LogP contribution < -0.4 is 10.1 Å². The number of carboxylic acid groups (broad SMARTS) is 1. The fourth-order valence-corrected chi connectivity index (χ4v) is 4.21. The van der Waals surface area contributed by atoms with Crippen LogP contribution in [0.15, 0.2) is 115 Å². The van der Waals surface area contributed by atoms with Gasteiger partial charge in [0.25, 0.3) is 0 Å². The number of amides is 1. The van der Waals surface area contributed by atoms with Crippen LogP contribution in [0.5, 0.6) is 5.75 Å². The number of benzene rings is 4. The highest BCUT2D eigenvalue weighted by Crippen LogP contribution is 2.32. The summed E-state index contributed by atoms with van der Waals surface area (Å²) < 4.78 is 5.89. The highest BCUT2D eigenvalue weighted by molar-refractivity contribution is 5.94. The summed E-state index contributed by atoms with van der Waals surface area (Å²) in [6.45, 7) is 2.24.